The van der Waals surface area contributed by atoms with Crippen LogP contribution in [0.4, 0.5) is 11.5 Å². The van der Waals surface area contributed by atoms with E-state index in [4.69, 9.17) is 10.4 Å². The number of hydrazine groups is 1. The van der Waals surface area contributed by atoms with Crippen molar-refractivity contribution in [2.24, 2.45) is 5.84 Å². The van der Waals surface area contributed by atoms with Crippen molar-refractivity contribution in [3.05, 3.63) is 36.4 Å². The molecular weight excluding hydrogens is 194 g/mol. The molecule has 0 aliphatic rings. The van der Waals surface area contributed by atoms with Gasteiger partial charge in [-0.2, -0.15) is 0 Å². The molecule has 0 radical (unpaired) electrons. The number of rotatable bonds is 4. The largest absolute Gasteiger partial charge is 0.379 e. The summed E-state index contributed by atoms with van der Waals surface area (Å²) < 4.78 is 4.71. The predicted molar refractivity (Wildman–Crippen MR) is 55.9 cm³/mol. The molecule has 2 rings (SSSR count). The normalized spacial score (nSPS) is 9.93. The van der Waals surface area contributed by atoms with E-state index in [0.717, 1.165) is 11.4 Å². The van der Waals surface area contributed by atoms with Crippen LogP contribution in [0.25, 0.3) is 0 Å². The second-order valence-corrected chi connectivity index (χ2v) is 2.92. The van der Waals surface area contributed by atoms with Gasteiger partial charge in [0, 0.05) is 24.0 Å². The third-order valence-electron chi connectivity index (χ3n) is 1.87. The van der Waals surface area contributed by atoms with E-state index in [1.807, 2.05) is 6.07 Å². The fourth-order valence-electron chi connectivity index (χ4n) is 1.14. The lowest BCUT2D eigenvalue weighted by atomic mass is 10.3. The molecule has 0 aromatic carbocycles. The number of nitrogens with two attached hydrogens (primary N) is 1. The van der Waals surface area contributed by atoms with Crippen molar-refractivity contribution in [3.63, 3.8) is 0 Å². The topological polar surface area (TPSA) is 89.0 Å². The lowest BCUT2D eigenvalue weighted by molar-refractivity contribution is 0.412. The minimum absolute atomic E-state index is 0.602. The molecule has 78 valence electrons. The SMILES string of the molecule is NNc1cc(NCc2ccon2)ccn1. The summed E-state index contributed by atoms with van der Waals surface area (Å²) in [6.45, 7) is 0.602. The molecule has 0 atom stereocenters. The highest BCUT2D eigenvalue weighted by molar-refractivity contribution is 5.51. The summed E-state index contributed by atoms with van der Waals surface area (Å²) in [4.78, 5) is 3.99. The number of nitrogen functional groups attached to an aromatic ring is 1. The molecule has 0 unspecified atom stereocenters. The number of hydrogen-bond acceptors (Lipinski definition) is 6. The minimum Gasteiger partial charge on any atom is -0.379 e. The molecule has 15 heavy (non-hydrogen) atoms. The number of hydrogen-bond donors (Lipinski definition) is 3. The van der Waals surface area contributed by atoms with Gasteiger partial charge in [0.15, 0.2) is 0 Å². The van der Waals surface area contributed by atoms with Gasteiger partial charge in [-0.25, -0.2) is 10.8 Å². The number of pyridine rings is 1. The highest BCUT2D eigenvalue weighted by Crippen LogP contribution is 2.11. The van der Waals surface area contributed by atoms with Crippen LogP contribution in [0.5, 0.6) is 0 Å². The smallest absolute Gasteiger partial charge is 0.141 e. The first-order valence-electron chi connectivity index (χ1n) is 4.44. The first kappa shape index (κ1) is 9.47. The maximum Gasteiger partial charge on any atom is 0.141 e. The van der Waals surface area contributed by atoms with Gasteiger partial charge in [0.1, 0.15) is 17.8 Å². The Hall–Kier alpha value is -2.08. The lowest BCUT2D eigenvalue weighted by Gasteiger charge is -2.05. The van der Waals surface area contributed by atoms with E-state index in [1.165, 1.54) is 6.26 Å². The van der Waals surface area contributed by atoms with Crippen LogP contribution in [0.3, 0.4) is 0 Å². The summed E-state index contributed by atoms with van der Waals surface area (Å²) in [7, 11) is 0. The Labute approximate surface area is 86.4 Å². The molecule has 0 aliphatic carbocycles. The molecule has 6 heteroatoms. The zero-order valence-electron chi connectivity index (χ0n) is 7.97. The van der Waals surface area contributed by atoms with Gasteiger partial charge in [0.05, 0.1) is 6.54 Å². The summed E-state index contributed by atoms with van der Waals surface area (Å²) in [5.74, 6) is 5.85. The van der Waals surface area contributed by atoms with Crippen LogP contribution in [-0.4, -0.2) is 10.1 Å². The summed E-state index contributed by atoms with van der Waals surface area (Å²) in [6.07, 6.45) is 3.21. The molecule has 0 saturated heterocycles. The van der Waals surface area contributed by atoms with Gasteiger partial charge in [-0.1, -0.05) is 5.16 Å². The van der Waals surface area contributed by atoms with Gasteiger partial charge in [-0.3, -0.25) is 0 Å². The quantitative estimate of drug-likeness (QED) is 0.509. The molecule has 2 aromatic heterocycles. The average Bonchev–Trinajstić information content (AvgIpc) is 2.79. The maximum atomic E-state index is 5.24. The zero-order chi connectivity index (χ0) is 10.5. The molecule has 0 fully saturated rings. The van der Waals surface area contributed by atoms with Crippen LogP contribution in [0.2, 0.25) is 0 Å². The van der Waals surface area contributed by atoms with Crippen molar-refractivity contribution in [3.8, 4) is 0 Å². The van der Waals surface area contributed by atoms with Crippen LogP contribution in [0.1, 0.15) is 5.69 Å². The second kappa shape index (κ2) is 4.43. The van der Waals surface area contributed by atoms with Gasteiger partial charge in [-0.05, 0) is 6.07 Å². The van der Waals surface area contributed by atoms with Gasteiger partial charge in [-0.15, -0.1) is 0 Å². The van der Waals surface area contributed by atoms with Crippen molar-refractivity contribution in [1.82, 2.24) is 10.1 Å². The van der Waals surface area contributed by atoms with Crippen LogP contribution >= 0.6 is 0 Å². The van der Waals surface area contributed by atoms with Gasteiger partial charge in [0.2, 0.25) is 0 Å². The Morgan fingerprint density at radius 1 is 1.40 bits per heavy atom. The van der Waals surface area contributed by atoms with E-state index in [2.05, 4.69) is 20.9 Å². The highest BCUT2D eigenvalue weighted by Gasteiger charge is 1.97. The first-order chi connectivity index (χ1) is 7.38. The molecular formula is C9H11N5O. The first-order valence-corrected chi connectivity index (χ1v) is 4.44. The molecule has 4 N–H and O–H groups in total. The minimum atomic E-state index is 0.602. The summed E-state index contributed by atoms with van der Waals surface area (Å²) in [6, 6.07) is 5.46. The van der Waals surface area contributed by atoms with E-state index >= 15 is 0 Å². The van der Waals surface area contributed by atoms with Crippen LogP contribution < -0.4 is 16.6 Å². The summed E-state index contributed by atoms with van der Waals surface area (Å²) in [5.41, 5.74) is 4.23. The lowest BCUT2D eigenvalue weighted by Crippen LogP contribution is -2.09. The number of aromatic nitrogens is 2. The van der Waals surface area contributed by atoms with Crippen molar-refractivity contribution in [2.75, 3.05) is 10.7 Å². The number of anilines is 2. The summed E-state index contributed by atoms with van der Waals surface area (Å²) >= 11 is 0. The number of nitrogens with one attached hydrogen (secondary N) is 2. The fraction of sp³-hybridized carbons (Fsp3) is 0.111. The van der Waals surface area contributed by atoms with E-state index < -0.39 is 0 Å². The summed E-state index contributed by atoms with van der Waals surface area (Å²) in [5, 5.41) is 6.94. The fourth-order valence-corrected chi connectivity index (χ4v) is 1.14. The van der Waals surface area contributed by atoms with Crippen LogP contribution in [-0.2, 0) is 6.54 Å². The van der Waals surface area contributed by atoms with Crippen LogP contribution in [0, 0.1) is 0 Å². The standard InChI is InChI=1S/C9H11N5O/c10-13-9-5-7(1-3-11-9)12-6-8-2-4-15-14-8/h1-5H,6,10H2,(H2,11,12,13). The predicted octanol–water partition coefficient (Wildman–Crippen LogP) is 0.967. The van der Waals surface area contributed by atoms with E-state index in [1.54, 1.807) is 18.3 Å². The molecule has 2 aromatic rings. The van der Waals surface area contributed by atoms with E-state index in [0.29, 0.717) is 12.4 Å². The van der Waals surface area contributed by atoms with E-state index in [-0.39, 0.29) is 0 Å². The van der Waals surface area contributed by atoms with Crippen molar-refractivity contribution >= 4 is 11.5 Å². The molecule has 0 saturated carbocycles. The van der Waals surface area contributed by atoms with Crippen molar-refractivity contribution in [2.45, 2.75) is 6.54 Å². The molecule has 0 spiro atoms. The van der Waals surface area contributed by atoms with Crippen molar-refractivity contribution < 1.29 is 4.52 Å². The van der Waals surface area contributed by atoms with Crippen molar-refractivity contribution in [1.29, 1.82) is 0 Å². The zero-order valence-corrected chi connectivity index (χ0v) is 7.97. The molecule has 2 heterocycles. The molecule has 0 aliphatic heterocycles. The Morgan fingerprint density at radius 2 is 2.33 bits per heavy atom. The maximum absolute atomic E-state index is 5.24. The second-order valence-electron chi connectivity index (χ2n) is 2.92. The third-order valence-corrected chi connectivity index (χ3v) is 1.87. The Bertz CT molecular complexity index is 414. The average molecular weight is 205 g/mol. The van der Waals surface area contributed by atoms with Crippen LogP contribution in [0.15, 0.2) is 35.2 Å². The molecule has 0 amide bonds. The monoisotopic (exact) mass is 205 g/mol. The number of nitrogens with zero attached hydrogens (tertiary/aromatic N) is 2. The highest BCUT2D eigenvalue weighted by atomic mass is 16.5. The Kier molecular flexibility index (Phi) is 2.80. The van der Waals surface area contributed by atoms with Gasteiger partial charge < -0.3 is 15.3 Å². The van der Waals surface area contributed by atoms with E-state index in [9.17, 15) is 0 Å². The molecule has 0 bridgehead atoms. The third kappa shape index (κ3) is 2.44. The Morgan fingerprint density at radius 3 is 3.07 bits per heavy atom. The van der Waals surface area contributed by atoms with Gasteiger partial charge >= 0.3 is 0 Å². The van der Waals surface area contributed by atoms with Gasteiger partial charge in [0.25, 0.3) is 0 Å². The molecule has 6 nitrogen and oxygen atoms in total. The Balaban J connectivity index is 1.98.